The van der Waals surface area contributed by atoms with Gasteiger partial charge in [0.05, 0.1) is 6.04 Å². The van der Waals surface area contributed by atoms with Gasteiger partial charge in [-0.15, -0.1) is 0 Å². The van der Waals surface area contributed by atoms with Crippen LogP contribution in [0.5, 0.6) is 0 Å². The Morgan fingerprint density at radius 1 is 1.12 bits per heavy atom. The lowest BCUT2D eigenvalue weighted by Gasteiger charge is -2.27. The summed E-state index contributed by atoms with van der Waals surface area (Å²) >= 11 is 0. The molecule has 2 heteroatoms. The van der Waals surface area contributed by atoms with E-state index in [9.17, 15) is 4.79 Å². The molecule has 1 aromatic rings. The Morgan fingerprint density at radius 2 is 1.82 bits per heavy atom. The Labute approximate surface area is 102 Å². The number of rotatable bonds is 4. The largest absolute Gasteiger partial charge is 0.349 e. The first-order valence-corrected chi connectivity index (χ1v) is 6.70. The van der Waals surface area contributed by atoms with E-state index in [0.717, 1.165) is 12.8 Å². The van der Waals surface area contributed by atoms with Crippen molar-refractivity contribution in [2.24, 2.45) is 11.8 Å². The van der Waals surface area contributed by atoms with Crippen molar-refractivity contribution >= 4 is 5.91 Å². The van der Waals surface area contributed by atoms with Gasteiger partial charge in [-0.1, -0.05) is 36.8 Å². The standard InChI is InChI=1S/C15H19NO/c17-15(13-7-4-8-13)16-14(12-9-10-12)11-5-2-1-3-6-11/h1-3,5-6,12-14H,4,7-10H2,(H,16,17). The molecular formula is C15H19NO. The molecule has 1 unspecified atom stereocenters. The summed E-state index contributed by atoms with van der Waals surface area (Å²) in [5.74, 6) is 1.23. The third kappa shape index (κ3) is 2.36. The highest BCUT2D eigenvalue weighted by atomic mass is 16.2. The molecule has 2 saturated carbocycles. The molecule has 2 nitrogen and oxygen atoms in total. The second-order valence-corrected chi connectivity index (χ2v) is 5.36. The van der Waals surface area contributed by atoms with Crippen molar-refractivity contribution < 1.29 is 4.79 Å². The molecule has 3 rings (SSSR count). The van der Waals surface area contributed by atoms with E-state index in [0.29, 0.717) is 11.8 Å². The highest BCUT2D eigenvalue weighted by molar-refractivity contribution is 5.79. The fourth-order valence-electron chi connectivity index (χ4n) is 2.50. The predicted octanol–water partition coefficient (Wildman–Crippen LogP) is 3.05. The maximum atomic E-state index is 12.0. The zero-order chi connectivity index (χ0) is 11.7. The van der Waals surface area contributed by atoms with Crippen molar-refractivity contribution in [3.63, 3.8) is 0 Å². The van der Waals surface area contributed by atoms with E-state index in [2.05, 4.69) is 29.6 Å². The van der Waals surface area contributed by atoms with Gasteiger partial charge < -0.3 is 5.32 Å². The summed E-state index contributed by atoms with van der Waals surface area (Å²) in [5, 5.41) is 3.26. The second kappa shape index (κ2) is 4.52. The van der Waals surface area contributed by atoms with Gasteiger partial charge >= 0.3 is 0 Å². The smallest absolute Gasteiger partial charge is 0.223 e. The molecule has 0 radical (unpaired) electrons. The van der Waals surface area contributed by atoms with Crippen LogP contribution in [0.15, 0.2) is 30.3 Å². The van der Waals surface area contributed by atoms with E-state index < -0.39 is 0 Å². The molecule has 1 amide bonds. The number of amides is 1. The molecule has 2 aliphatic carbocycles. The fourth-order valence-corrected chi connectivity index (χ4v) is 2.50. The minimum Gasteiger partial charge on any atom is -0.349 e. The third-order valence-corrected chi connectivity index (χ3v) is 4.03. The van der Waals surface area contributed by atoms with Crippen LogP contribution in [0.2, 0.25) is 0 Å². The molecule has 2 fully saturated rings. The summed E-state index contributed by atoms with van der Waals surface area (Å²) < 4.78 is 0. The number of nitrogens with one attached hydrogen (secondary N) is 1. The van der Waals surface area contributed by atoms with Gasteiger partial charge in [-0.2, -0.15) is 0 Å². The van der Waals surface area contributed by atoms with Crippen LogP contribution in [-0.2, 0) is 4.79 Å². The lowest BCUT2D eigenvalue weighted by Crippen LogP contribution is -2.37. The van der Waals surface area contributed by atoms with Gasteiger partial charge in [0.25, 0.3) is 0 Å². The van der Waals surface area contributed by atoms with Crippen LogP contribution >= 0.6 is 0 Å². The highest BCUT2D eigenvalue weighted by Crippen LogP contribution is 2.41. The van der Waals surface area contributed by atoms with Gasteiger partial charge in [0.1, 0.15) is 0 Å². The third-order valence-electron chi connectivity index (χ3n) is 4.03. The zero-order valence-electron chi connectivity index (χ0n) is 10.1. The fraction of sp³-hybridized carbons (Fsp3) is 0.533. The van der Waals surface area contributed by atoms with Crippen molar-refractivity contribution in [1.29, 1.82) is 0 Å². The van der Waals surface area contributed by atoms with Gasteiger partial charge in [0, 0.05) is 5.92 Å². The quantitative estimate of drug-likeness (QED) is 0.844. The SMILES string of the molecule is O=C(NC(c1ccccc1)C1CC1)C1CCC1. The van der Waals surface area contributed by atoms with Gasteiger partial charge in [0.15, 0.2) is 0 Å². The molecule has 0 aliphatic heterocycles. The van der Waals surface area contributed by atoms with Crippen LogP contribution in [-0.4, -0.2) is 5.91 Å². The summed E-state index contributed by atoms with van der Waals surface area (Å²) in [7, 11) is 0. The Hall–Kier alpha value is -1.31. The average molecular weight is 229 g/mol. The average Bonchev–Trinajstić information content (AvgIpc) is 3.08. The van der Waals surface area contributed by atoms with Crippen molar-refractivity contribution in [3.05, 3.63) is 35.9 Å². The van der Waals surface area contributed by atoms with Crippen molar-refractivity contribution in [2.75, 3.05) is 0 Å². The van der Waals surface area contributed by atoms with Crippen molar-refractivity contribution in [1.82, 2.24) is 5.32 Å². The van der Waals surface area contributed by atoms with E-state index in [1.54, 1.807) is 0 Å². The van der Waals surface area contributed by atoms with E-state index in [-0.39, 0.29) is 11.9 Å². The maximum Gasteiger partial charge on any atom is 0.223 e. The van der Waals surface area contributed by atoms with Crippen LogP contribution in [0.3, 0.4) is 0 Å². The second-order valence-electron chi connectivity index (χ2n) is 5.36. The molecule has 2 aliphatic rings. The Bertz CT molecular complexity index is 393. The summed E-state index contributed by atoms with van der Waals surface area (Å²) in [6, 6.07) is 10.7. The topological polar surface area (TPSA) is 29.1 Å². The molecule has 0 saturated heterocycles. The number of hydrogen-bond acceptors (Lipinski definition) is 1. The normalized spacial score (nSPS) is 21.6. The number of carbonyl (C=O) groups is 1. The summed E-state index contributed by atoms with van der Waals surface area (Å²) in [6.07, 6.45) is 5.89. The van der Waals surface area contributed by atoms with Crippen LogP contribution in [0.4, 0.5) is 0 Å². The molecule has 1 atom stereocenters. The van der Waals surface area contributed by atoms with Crippen LogP contribution < -0.4 is 5.32 Å². The van der Waals surface area contributed by atoms with Crippen LogP contribution in [0.25, 0.3) is 0 Å². The molecule has 90 valence electrons. The van der Waals surface area contributed by atoms with Gasteiger partial charge in [-0.25, -0.2) is 0 Å². The zero-order valence-corrected chi connectivity index (χ0v) is 10.1. The minimum absolute atomic E-state index is 0.254. The molecule has 0 bridgehead atoms. The Balaban J connectivity index is 1.70. The van der Waals surface area contributed by atoms with E-state index >= 15 is 0 Å². The summed E-state index contributed by atoms with van der Waals surface area (Å²) in [4.78, 5) is 12.0. The maximum absolute atomic E-state index is 12.0. The van der Waals surface area contributed by atoms with Gasteiger partial charge in [-0.05, 0) is 37.2 Å². The summed E-state index contributed by atoms with van der Waals surface area (Å²) in [5.41, 5.74) is 1.27. The highest BCUT2D eigenvalue weighted by Gasteiger charge is 2.35. The first-order chi connectivity index (χ1) is 8.34. The van der Waals surface area contributed by atoms with Crippen LogP contribution in [0.1, 0.15) is 43.7 Å². The molecule has 1 aromatic carbocycles. The first kappa shape index (κ1) is 10.8. The van der Waals surface area contributed by atoms with E-state index in [1.807, 2.05) is 6.07 Å². The monoisotopic (exact) mass is 229 g/mol. The predicted molar refractivity (Wildman–Crippen MR) is 67.4 cm³/mol. The summed E-state index contributed by atoms with van der Waals surface area (Å²) in [6.45, 7) is 0. The van der Waals surface area contributed by atoms with Crippen LogP contribution in [0, 0.1) is 11.8 Å². The lowest BCUT2D eigenvalue weighted by atomic mass is 9.84. The molecular weight excluding hydrogens is 210 g/mol. The molecule has 0 heterocycles. The Kier molecular flexibility index (Phi) is 2.87. The molecule has 0 aromatic heterocycles. The minimum atomic E-state index is 0.254. The van der Waals surface area contributed by atoms with Crippen molar-refractivity contribution in [3.8, 4) is 0 Å². The molecule has 1 N–H and O–H groups in total. The molecule has 0 spiro atoms. The van der Waals surface area contributed by atoms with Gasteiger partial charge in [0.2, 0.25) is 5.91 Å². The van der Waals surface area contributed by atoms with Crippen molar-refractivity contribution in [2.45, 2.75) is 38.1 Å². The number of hydrogen-bond donors (Lipinski definition) is 1. The van der Waals surface area contributed by atoms with Gasteiger partial charge in [-0.3, -0.25) is 4.79 Å². The first-order valence-electron chi connectivity index (χ1n) is 6.70. The number of carbonyl (C=O) groups excluding carboxylic acids is 1. The van der Waals surface area contributed by atoms with E-state index in [1.165, 1.54) is 24.8 Å². The van der Waals surface area contributed by atoms with E-state index in [4.69, 9.17) is 0 Å². The lowest BCUT2D eigenvalue weighted by molar-refractivity contribution is -0.128. The Morgan fingerprint density at radius 3 is 2.35 bits per heavy atom. The molecule has 17 heavy (non-hydrogen) atoms. The number of benzene rings is 1.